The van der Waals surface area contributed by atoms with Crippen molar-refractivity contribution in [2.75, 3.05) is 22.9 Å². The summed E-state index contributed by atoms with van der Waals surface area (Å²) in [4.78, 5) is 17.8. The molecule has 0 spiro atoms. The molecule has 0 aliphatic carbocycles. The number of alkyl halides is 6. The van der Waals surface area contributed by atoms with Crippen molar-refractivity contribution in [1.29, 1.82) is 0 Å². The predicted octanol–water partition coefficient (Wildman–Crippen LogP) is 16.9. The number of nitrogens with one attached hydrogen (secondary N) is 2. The third-order valence-corrected chi connectivity index (χ3v) is 18.8. The molecule has 0 saturated carbocycles. The minimum absolute atomic E-state index is 0.00797. The normalized spacial score (nSPS) is 15.4. The largest absolute Gasteiger partial charge is 0.495 e. The van der Waals surface area contributed by atoms with Crippen LogP contribution in [0.25, 0.3) is 44.4 Å². The summed E-state index contributed by atoms with van der Waals surface area (Å²) in [7, 11) is -0.469. The lowest BCUT2D eigenvalue weighted by Crippen LogP contribution is -2.41. The first-order valence-corrected chi connectivity index (χ1v) is 31.2. The van der Waals surface area contributed by atoms with Gasteiger partial charge in [0.05, 0.1) is 71.9 Å². The number of aromatic nitrogens is 8. The van der Waals surface area contributed by atoms with Gasteiger partial charge < -0.3 is 29.1 Å². The molecule has 1 saturated heterocycles. The SMILES string of the molecule is CC1(C)OB(c2ccc(F)c3[nH]ccc23)OC1(C)C.CCc1cccc(CC)c1-n1nc2c(c1-c1ccc(F)c3[nH]ccc13)CN(c1ncc(C(F)(F)F)cc1Cl)CC2.CCc1cccc(CC)c1-n1nc2c(c1Br)CN(c1ncc(C(F)(F)F)cc1Cl)CC2. The minimum atomic E-state index is -4.54. The molecule has 13 rings (SSSR count). The fourth-order valence-corrected chi connectivity index (χ4v) is 13.1. The molecule has 12 nitrogen and oxygen atoms in total. The van der Waals surface area contributed by atoms with Crippen LogP contribution in [0.2, 0.25) is 10.0 Å². The Bertz CT molecular complexity index is 4270. The van der Waals surface area contributed by atoms with E-state index >= 15 is 0 Å². The number of anilines is 2. The van der Waals surface area contributed by atoms with Gasteiger partial charge in [-0.15, -0.1) is 0 Å². The van der Waals surface area contributed by atoms with Crippen LogP contribution in [0.15, 0.2) is 114 Å². The summed E-state index contributed by atoms with van der Waals surface area (Å²) < 4.78 is 124. The van der Waals surface area contributed by atoms with Crippen molar-refractivity contribution in [2.45, 2.75) is 131 Å². The summed E-state index contributed by atoms with van der Waals surface area (Å²) in [6.45, 7) is 18.3. The number of halogens is 11. The van der Waals surface area contributed by atoms with Gasteiger partial charge in [-0.25, -0.2) is 28.1 Å². The van der Waals surface area contributed by atoms with E-state index in [4.69, 9.17) is 42.7 Å². The molecular weight excluding hydrogens is 1280 g/mol. The molecule has 6 aromatic heterocycles. The van der Waals surface area contributed by atoms with E-state index in [1.807, 2.05) is 65.1 Å². The van der Waals surface area contributed by atoms with E-state index < -0.39 is 41.8 Å². The molecule has 0 radical (unpaired) electrons. The zero-order chi connectivity index (χ0) is 64.4. The van der Waals surface area contributed by atoms with Crippen molar-refractivity contribution < 1.29 is 44.4 Å². The van der Waals surface area contributed by atoms with Crippen LogP contribution in [0.5, 0.6) is 0 Å². The molecule has 0 bridgehead atoms. The number of nitrogens with zero attached hydrogens (tertiary/aromatic N) is 8. The second kappa shape index (κ2) is 25.1. The number of hydrogen-bond acceptors (Lipinski definition) is 8. The fourth-order valence-electron chi connectivity index (χ4n) is 11.9. The van der Waals surface area contributed by atoms with E-state index in [0.717, 1.165) is 127 Å². The number of hydrogen-bond donors (Lipinski definition) is 2. The maximum Gasteiger partial charge on any atom is 0.495 e. The lowest BCUT2D eigenvalue weighted by molar-refractivity contribution is -0.138. The zero-order valence-electron chi connectivity index (χ0n) is 50.6. The summed E-state index contributed by atoms with van der Waals surface area (Å²) in [6.07, 6.45) is 0.635. The number of H-pyrrole nitrogens is 2. The Hall–Kier alpha value is -7.24. The molecule has 10 aromatic rings. The number of rotatable bonds is 10. The zero-order valence-corrected chi connectivity index (χ0v) is 53.7. The fraction of sp³-hybridized carbons (Fsp3) is 0.333. The topological polar surface area (TPSA) is 118 Å². The first-order valence-electron chi connectivity index (χ1n) is 29.7. The number of benzene rings is 4. The standard InChI is InChI=1S/C30H26ClF4N5.C22H21BrClF3N4.C14H17BFNO2/c1-3-17-6-5-7-18(4-2)27(17)40-28(21-8-9-24(32)26-20(21)10-12-36-26)22-16-39(13-11-25(22)38-40)29-23(31)14-19(15-37-29)30(33,34)35;1-3-13-6-5-7-14(4-2)19(13)31-20(23)16-12-30(9-8-18(16)29-31)21-17(24)10-15(11-28-21)22(25,26)27;1-13(2)14(3,4)19-15(18-13)10-5-6-11(16)12-9(10)7-8-17-12/h5-10,12,14-15,36H,3-4,11,13,16H2,1-2H3;5-7,10-11H,3-4,8-9,12H2,1-2H3;5-8,17H,1-4H3. The van der Waals surface area contributed by atoms with Gasteiger partial charge in [0, 0.05) is 91.3 Å². The van der Waals surface area contributed by atoms with Gasteiger partial charge in [-0.2, -0.15) is 36.5 Å². The van der Waals surface area contributed by atoms with Gasteiger partial charge in [0.25, 0.3) is 0 Å². The Morgan fingerprint density at radius 3 is 1.50 bits per heavy atom. The molecule has 24 heteroatoms. The number of fused-ring (bicyclic) bond motifs is 4. The first kappa shape index (κ1) is 64.3. The summed E-state index contributed by atoms with van der Waals surface area (Å²) in [5, 5.41) is 11.4. The molecule has 3 aliphatic heterocycles. The Morgan fingerprint density at radius 2 is 1.02 bits per heavy atom. The lowest BCUT2D eigenvalue weighted by atomic mass is 9.77. The van der Waals surface area contributed by atoms with E-state index in [1.165, 1.54) is 23.3 Å². The molecule has 0 atom stereocenters. The van der Waals surface area contributed by atoms with Crippen LogP contribution >= 0.6 is 39.1 Å². The smallest absolute Gasteiger partial charge is 0.399 e. The van der Waals surface area contributed by atoms with Gasteiger partial charge in [-0.3, -0.25) is 0 Å². The molecule has 470 valence electrons. The average Bonchev–Trinajstić information content (AvgIpc) is 1.58. The molecule has 3 aliphatic rings. The van der Waals surface area contributed by atoms with E-state index in [0.29, 0.717) is 55.9 Å². The maximum atomic E-state index is 14.7. The van der Waals surface area contributed by atoms with Crippen molar-refractivity contribution in [1.82, 2.24) is 39.5 Å². The molecule has 4 aromatic carbocycles. The number of pyridine rings is 2. The molecular formula is C66H64BBrCl2F8N10O2. The third-order valence-electron chi connectivity index (χ3n) is 17.4. The van der Waals surface area contributed by atoms with Crippen molar-refractivity contribution in [3.63, 3.8) is 0 Å². The van der Waals surface area contributed by atoms with Crippen molar-refractivity contribution in [3.8, 4) is 22.6 Å². The van der Waals surface area contributed by atoms with E-state index in [1.54, 1.807) is 24.5 Å². The molecule has 1 fully saturated rings. The van der Waals surface area contributed by atoms with Gasteiger partial charge >= 0.3 is 19.5 Å². The number of aryl methyl sites for hydroxylation is 4. The average molecular weight is 1340 g/mol. The van der Waals surface area contributed by atoms with Gasteiger partial charge in [0.15, 0.2) is 0 Å². The highest BCUT2D eigenvalue weighted by Crippen LogP contribution is 2.43. The third kappa shape index (κ3) is 12.1. The van der Waals surface area contributed by atoms with Crippen LogP contribution in [0, 0.1) is 11.6 Å². The van der Waals surface area contributed by atoms with Crippen LogP contribution in [-0.4, -0.2) is 70.9 Å². The van der Waals surface area contributed by atoms with Gasteiger partial charge in [-0.1, -0.05) is 93.4 Å². The molecule has 0 unspecified atom stereocenters. The Labute approximate surface area is 534 Å². The van der Waals surface area contributed by atoms with Crippen LogP contribution in [0.4, 0.5) is 46.8 Å². The molecule has 90 heavy (non-hydrogen) atoms. The maximum absolute atomic E-state index is 14.7. The monoisotopic (exact) mass is 1340 g/mol. The molecule has 2 N–H and O–H groups in total. The van der Waals surface area contributed by atoms with Gasteiger partial charge in [0.1, 0.15) is 27.9 Å². The van der Waals surface area contributed by atoms with Gasteiger partial charge in [0.2, 0.25) is 0 Å². The quantitative estimate of drug-likeness (QED) is 0.103. The highest BCUT2D eigenvalue weighted by Gasteiger charge is 2.52. The highest BCUT2D eigenvalue weighted by molar-refractivity contribution is 9.10. The molecule has 9 heterocycles. The van der Waals surface area contributed by atoms with Crippen molar-refractivity contribution in [2.24, 2.45) is 0 Å². The second-order valence-corrected chi connectivity index (χ2v) is 24.9. The minimum Gasteiger partial charge on any atom is -0.399 e. The van der Waals surface area contributed by atoms with Crippen LogP contribution < -0.4 is 15.3 Å². The highest BCUT2D eigenvalue weighted by atomic mass is 79.9. The van der Waals surface area contributed by atoms with E-state index in [2.05, 4.69) is 93.9 Å². The summed E-state index contributed by atoms with van der Waals surface area (Å²) in [5.41, 5.74) is 11.4. The lowest BCUT2D eigenvalue weighted by Gasteiger charge is -2.32. The molecule has 0 amide bonds. The predicted molar refractivity (Wildman–Crippen MR) is 342 cm³/mol. The van der Waals surface area contributed by atoms with Crippen molar-refractivity contribution in [3.05, 3.63) is 192 Å². The van der Waals surface area contributed by atoms with E-state index in [-0.39, 0.29) is 27.5 Å². The van der Waals surface area contributed by atoms with Crippen LogP contribution in [0.1, 0.15) is 111 Å². The number of para-hydroxylation sites is 2. The van der Waals surface area contributed by atoms with Crippen LogP contribution in [-0.2, 0) is 73.3 Å². The number of aromatic amines is 2. The Morgan fingerprint density at radius 1 is 0.589 bits per heavy atom. The van der Waals surface area contributed by atoms with Gasteiger partial charge in [-0.05, 0) is 139 Å². The second-order valence-electron chi connectivity index (χ2n) is 23.3. The first-order chi connectivity index (χ1) is 42.8. The Balaban J connectivity index is 0.000000148. The van der Waals surface area contributed by atoms with Crippen LogP contribution in [0.3, 0.4) is 0 Å². The summed E-state index contributed by atoms with van der Waals surface area (Å²) in [6, 6.07) is 24.4. The summed E-state index contributed by atoms with van der Waals surface area (Å²) >= 11 is 16.3. The Kier molecular flexibility index (Phi) is 17.9. The van der Waals surface area contributed by atoms with Crippen molar-refractivity contribution >= 4 is 85.2 Å². The summed E-state index contributed by atoms with van der Waals surface area (Å²) in [5.74, 6) is 0.0193. The van der Waals surface area contributed by atoms with E-state index in [9.17, 15) is 35.1 Å².